The summed E-state index contributed by atoms with van der Waals surface area (Å²) in [6.45, 7) is -0.289. The molecule has 0 radical (unpaired) electrons. The second-order valence-electron chi connectivity index (χ2n) is 5.49. The summed E-state index contributed by atoms with van der Waals surface area (Å²) in [4.78, 5) is 27.5. The van der Waals surface area contributed by atoms with Gasteiger partial charge in [0.2, 0.25) is 6.79 Å². The average Bonchev–Trinajstić information content (AvgIpc) is 2.98. The SMILES string of the molecule is CC1=NC(=O)NC(c2ccc3c(c2)OCO3)C1C(=O)OCC(F)(F)F. The fraction of sp³-hybridized carbons (Fsp3) is 0.400. The number of carbonyl (C=O) groups is 2. The first-order chi connectivity index (χ1) is 11.7. The van der Waals surface area contributed by atoms with E-state index in [0.717, 1.165) is 0 Å². The zero-order chi connectivity index (χ0) is 18.2. The molecule has 0 aliphatic carbocycles. The number of halogens is 3. The van der Waals surface area contributed by atoms with Crippen LogP contribution >= 0.6 is 0 Å². The second-order valence-corrected chi connectivity index (χ2v) is 5.49. The van der Waals surface area contributed by atoms with Crippen LogP contribution in [0.3, 0.4) is 0 Å². The number of carbonyl (C=O) groups excluding carboxylic acids is 2. The van der Waals surface area contributed by atoms with Gasteiger partial charge in [0.1, 0.15) is 5.92 Å². The zero-order valence-electron chi connectivity index (χ0n) is 12.9. The van der Waals surface area contributed by atoms with E-state index in [1.54, 1.807) is 18.2 Å². The van der Waals surface area contributed by atoms with Crippen molar-refractivity contribution in [2.45, 2.75) is 19.1 Å². The predicted molar refractivity (Wildman–Crippen MR) is 77.5 cm³/mol. The van der Waals surface area contributed by atoms with Crippen molar-refractivity contribution in [2.24, 2.45) is 10.9 Å². The van der Waals surface area contributed by atoms with Gasteiger partial charge in [-0.15, -0.1) is 0 Å². The largest absolute Gasteiger partial charge is 0.455 e. The van der Waals surface area contributed by atoms with Crippen molar-refractivity contribution < 1.29 is 37.0 Å². The Bertz CT molecular complexity index is 747. The average molecular weight is 358 g/mol. The Morgan fingerprint density at radius 3 is 2.80 bits per heavy atom. The van der Waals surface area contributed by atoms with Gasteiger partial charge >= 0.3 is 18.2 Å². The van der Waals surface area contributed by atoms with E-state index in [1.165, 1.54) is 6.92 Å². The minimum absolute atomic E-state index is 0.0351. The highest BCUT2D eigenvalue weighted by Gasteiger charge is 2.40. The molecule has 2 heterocycles. The lowest BCUT2D eigenvalue weighted by Gasteiger charge is -2.29. The number of hydrogen-bond donors (Lipinski definition) is 1. The Hall–Kier alpha value is -2.78. The molecule has 2 unspecified atom stereocenters. The summed E-state index contributed by atoms with van der Waals surface area (Å²) in [7, 11) is 0. The number of ether oxygens (including phenoxy) is 3. The summed E-state index contributed by atoms with van der Waals surface area (Å²) >= 11 is 0. The number of fused-ring (bicyclic) bond motifs is 1. The summed E-state index contributed by atoms with van der Waals surface area (Å²) < 4.78 is 51.7. The van der Waals surface area contributed by atoms with Crippen molar-refractivity contribution >= 4 is 17.7 Å². The molecule has 1 aromatic carbocycles. The summed E-state index contributed by atoms with van der Waals surface area (Å²) in [5, 5.41) is 2.48. The highest BCUT2D eigenvalue weighted by molar-refractivity contribution is 6.08. The maximum atomic E-state index is 12.3. The third-order valence-electron chi connectivity index (χ3n) is 3.73. The maximum Gasteiger partial charge on any atom is 0.422 e. The molecule has 2 amide bonds. The molecule has 1 aromatic rings. The molecule has 2 aliphatic heterocycles. The van der Waals surface area contributed by atoms with Gasteiger partial charge in [0, 0.05) is 5.71 Å². The van der Waals surface area contributed by atoms with Crippen molar-refractivity contribution in [3.63, 3.8) is 0 Å². The number of nitrogens with one attached hydrogen (secondary N) is 1. The fourth-order valence-corrected chi connectivity index (χ4v) is 2.65. The van der Waals surface area contributed by atoms with Crippen molar-refractivity contribution in [2.75, 3.05) is 13.4 Å². The van der Waals surface area contributed by atoms with Crippen LogP contribution in [0, 0.1) is 5.92 Å². The zero-order valence-corrected chi connectivity index (χ0v) is 12.9. The van der Waals surface area contributed by atoms with Crippen LogP contribution < -0.4 is 14.8 Å². The molecular weight excluding hydrogens is 345 g/mol. The Kier molecular flexibility index (Phi) is 4.27. The maximum absolute atomic E-state index is 12.3. The van der Waals surface area contributed by atoms with Crippen LogP contribution in [0.4, 0.5) is 18.0 Å². The monoisotopic (exact) mass is 358 g/mol. The molecular formula is C15H13F3N2O5. The molecule has 0 aromatic heterocycles. The Labute approximate surface area is 139 Å². The number of hydrogen-bond acceptors (Lipinski definition) is 5. The van der Waals surface area contributed by atoms with Crippen LogP contribution in [0.5, 0.6) is 11.5 Å². The Morgan fingerprint density at radius 1 is 1.36 bits per heavy atom. The number of esters is 1. The van der Waals surface area contributed by atoms with Gasteiger partial charge in [-0.2, -0.15) is 13.2 Å². The van der Waals surface area contributed by atoms with Crippen molar-refractivity contribution in [1.29, 1.82) is 0 Å². The number of aliphatic imine (C=N–C) groups is 1. The molecule has 0 spiro atoms. The molecule has 134 valence electrons. The van der Waals surface area contributed by atoms with Crippen LogP contribution in [0.25, 0.3) is 0 Å². The molecule has 10 heteroatoms. The van der Waals surface area contributed by atoms with E-state index in [1.807, 2.05) is 0 Å². The van der Waals surface area contributed by atoms with E-state index in [2.05, 4.69) is 15.0 Å². The highest BCUT2D eigenvalue weighted by Crippen LogP contribution is 2.37. The molecule has 2 aliphatic rings. The first-order valence-electron chi connectivity index (χ1n) is 7.23. The minimum Gasteiger partial charge on any atom is -0.455 e. The number of nitrogens with zero attached hydrogens (tertiary/aromatic N) is 1. The molecule has 1 N–H and O–H groups in total. The van der Waals surface area contributed by atoms with E-state index in [9.17, 15) is 22.8 Å². The van der Waals surface area contributed by atoms with Gasteiger partial charge in [0.15, 0.2) is 18.1 Å². The smallest absolute Gasteiger partial charge is 0.422 e. The van der Waals surface area contributed by atoms with Crippen molar-refractivity contribution in [1.82, 2.24) is 5.32 Å². The summed E-state index contributed by atoms with van der Waals surface area (Å²) in [6.07, 6.45) is -4.65. The van der Waals surface area contributed by atoms with Crippen LogP contribution in [-0.4, -0.2) is 37.3 Å². The lowest BCUT2D eigenvalue weighted by atomic mass is 9.88. The van der Waals surface area contributed by atoms with E-state index >= 15 is 0 Å². The third kappa shape index (κ3) is 3.67. The van der Waals surface area contributed by atoms with Gasteiger partial charge in [-0.3, -0.25) is 4.79 Å². The molecule has 0 saturated heterocycles. The highest BCUT2D eigenvalue weighted by atomic mass is 19.4. The molecule has 25 heavy (non-hydrogen) atoms. The normalized spacial score (nSPS) is 22.2. The lowest BCUT2D eigenvalue weighted by molar-refractivity contribution is -0.188. The minimum atomic E-state index is -4.65. The molecule has 7 nitrogen and oxygen atoms in total. The van der Waals surface area contributed by atoms with Crippen molar-refractivity contribution in [3.8, 4) is 11.5 Å². The van der Waals surface area contributed by atoms with Gasteiger partial charge in [-0.25, -0.2) is 9.79 Å². The fourth-order valence-electron chi connectivity index (χ4n) is 2.65. The number of benzene rings is 1. The van der Waals surface area contributed by atoms with E-state index in [4.69, 9.17) is 9.47 Å². The van der Waals surface area contributed by atoms with Gasteiger partial charge in [-0.1, -0.05) is 6.07 Å². The first kappa shape index (κ1) is 17.1. The number of rotatable bonds is 3. The number of amides is 2. The van der Waals surface area contributed by atoms with Gasteiger partial charge in [0.25, 0.3) is 0 Å². The molecule has 3 rings (SSSR count). The standard InChI is InChI=1S/C15H13F3N2O5/c1-7-11(13(21)23-5-15(16,17)18)12(20-14(22)19-7)8-2-3-9-10(4-8)25-6-24-9/h2-4,11-12H,5-6H2,1H3,(H,20,22). The van der Waals surface area contributed by atoms with Crippen molar-refractivity contribution in [3.05, 3.63) is 23.8 Å². The van der Waals surface area contributed by atoms with E-state index < -0.39 is 36.7 Å². The predicted octanol–water partition coefficient (Wildman–Crippen LogP) is 2.36. The van der Waals surface area contributed by atoms with E-state index in [0.29, 0.717) is 17.1 Å². The van der Waals surface area contributed by atoms with Crippen LogP contribution in [0.15, 0.2) is 23.2 Å². The molecule has 0 bridgehead atoms. The topological polar surface area (TPSA) is 86.2 Å². The molecule has 2 atom stereocenters. The van der Waals surface area contributed by atoms with Crippen LogP contribution in [0.2, 0.25) is 0 Å². The summed E-state index contributed by atoms with van der Waals surface area (Å²) in [5.74, 6) is -1.40. The van der Waals surface area contributed by atoms with Crippen LogP contribution in [0.1, 0.15) is 18.5 Å². The first-order valence-corrected chi connectivity index (χ1v) is 7.23. The van der Waals surface area contributed by atoms with Gasteiger partial charge in [-0.05, 0) is 24.6 Å². The Morgan fingerprint density at radius 2 is 2.08 bits per heavy atom. The van der Waals surface area contributed by atoms with E-state index in [-0.39, 0.29) is 12.5 Å². The van der Waals surface area contributed by atoms with Crippen LogP contribution in [-0.2, 0) is 9.53 Å². The Balaban J connectivity index is 1.88. The van der Waals surface area contributed by atoms with Gasteiger partial charge in [0.05, 0.1) is 6.04 Å². The second kappa shape index (κ2) is 6.26. The number of alkyl halides is 3. The van der Waals surface area contributed by atoms with Gasteiger partial charge < -0.3 is 19.5 Å². The number of urea groups is 1. The summed E-state index contributed by atoms with van der Waals surface area (Å²) in [5.41, 5.74) is 0.527. The quantitative estimate of drug-likeness (QED) is 0.839. The summed E-state index contributed by atoms with van der Waals surface area (Å²) in [6, 6.07) is 3.10. The lowest BCUT2D eigenvalue weighted by Crippen LogP contribution is -2.44. The third-order valence-corrected chi connectivity index (χ3v) is 3.73. The molecule has 0 saturated carbocycles. The molecule has 0 fully saturated rings.